The maximum atomic E-state index is 10.6. The Bertz CT molecular complexity index is 495. The van der Waals surface area contributed by atoms with Crippen LogP contribution in [0.1, 0.15) is 10.4 Å². The number of hydrogen-bond acceptors (Lipinski definition) is 4. The van der Waals surface area contributed by atoms with Crippen LogP contribution in [0.5, 0.6) is 11.6 Å². The van der Waals surface area contributed by atoms with Gasteiger partial charge in [0.2, 0.25) is 5.88 Å². The zero-order valence-electron chi connectivity index (χ0n) is 8.46. The number of aldehydes is 1. The van der Waals surface area contributed by atoms with E-state index in [4.69, 9.17) is 10.5 Å². The largest absolute Gasteiger partial charge is 0.439 e. The SMILES string of the molecule is Nc1ccc(Oc2cccc(C=O)c2)nc1. The van der Waals surface area contributed by atoms with Crippen molar-refractivity contribution in [1.82, 2.24) is 4.98 Å². The van der Waals surface area contributed by atoms with Crippen molar-refractivity contribution in [3.05, 3.63) is 48.2 Å². The molecule has 0 bridgehead atoms. The maximum absolute atomic E-state index is 10.6. The summed E-state index contributed by atoms with van der Waals surface area (Å²) in [5, 5.41) is 0. The molecule has 1 aromatic heterocycles. The minimum atomic E-state index is 0.442. The van der Waals surface area contributed by atoms with E-state index in [2.05, 4.69) is 4.98 Å². The van der Waals surface area contributed by atoms with Gasteiger partial charge in [-0.15, -0.1) is 0 Å². The molecule has 16 heavy (non-hydrogen) atoms. The molecule has 2 N–H and O–H groups in total. The first-order valence-electron chi connectivity index (χ1n) is 4.72. The molecule has 0 saturated carbocycles. The fourth-order valence-corrected chi connectivity index (χ4v) is 1.22. The number of ether oxygens (including phenoxy) is 1. The van der Waals surface area contributed by atoms with E-state index in [1.165, 1.54) is 6.20 Å². The molecule has 0 fully saturated rings. The molecule has 0 amide bonds. The third-order valence-corrected chi connectivity index (χ3v) is 1.98. The van der Waals surface area contributed by atoms with Crippen LogP contribution in [-0.4, -0.2) is 11.3 Å². The number of nitrogen functional groups attached to an aromatic ring is 1. The summed E-state index contributed by atoms with van der Waals surface area (Å²) in [7, 11) is 0. The average molecular weight is 214 g/mol. The highest BCUT2D eigenvalue weighted by molar-refractivity contribution is 5.75. The Kier molecular flexibility index (Phi) is 2.82. The maximum Gasteiger partial charge on any atom is 0.219 e. The highest BCUT2D eigenvalue weighted by Gasteiger charge is 1.99. The van der Waals surface area contributed by atoms with E-state index < -0.39 is 0 Å². The first kappa shape index (κ1) is 10.2. The van der Waals surface area contributed by atoms with Gasteiger partial charge in [0.1, 0.15) is 12.0 Å². The summed E-state index contributed by atoms with van der Waals surface area (Å²) in [4.78, 5) is 14.6. The molecule has 0 saturated heterocycles. The lowest BCUT2D eigenvalue weighted by atomic mass is 10.2. The van der Waals surface area contributed by atoms with Crippen LogP contribution in [0, 0.1) is 0 Å². The summed E-state index contributed by atoms with van der Waals surface area (Å²) in [5.74, 6) is 1.01. The normalized spacial score (nSPS) is 9.75. The number of aromatic nitrogens is 1. The molecule has 0 atom stereocenters. The van der Waals surface area contributed by atoms with Crippen molar-refractivity contribution in [2.75, 3.05) is 5.73 Å². The van der Waals surface area contributed by atoms with Crippen LogP contribution in [0.25, 0.3) is 0 Å². The molecule has 2 rings (SSSR count). The molecule has 0 aliphatic rings. The molecular weight excluding hydrogens is 204 g/mol. The van der Waals surface area contributed by atoms with Crippen molar-refractivity contribution in [3.8, 4) is 11.6 Å². The van der Waals surface area contributed by atoms with Crippen LogP contribution in [0.2, 0.25) is 0 Å². The minimum Gasteiger partial charge on any atom is -0.439 e. The highest BCUT2D eigenvalue weighted by atomic mass is 16.5. The van der Waals surface area contributed by atoms with E-state index in [0.29, 0.717) is 22.9 Å². The molecule has 1 aromatic carbocycles. The number of nitrogens with two attached hydrogens (primary N) is 1. The smallest absolute Gasteiger partial charge is 0.219 e. The quantitative estimate of drug-likeness (QED) is 0.796. The Morgan fingerprint density at radius 1 is 1.25 bits per heavy atom. The first-order valence-corrected chi connectivity index (χ1v) is 4.72. The minimum absolute atomic E-state index is 0.442. The summed E-state index contributed by atoms with van der Waals surface area (Å²) in [6.45, 7) is 0. The third-order valence-electron chi connectivity index (χ3n) is 1.98. The second kappa shape index (κ2) is 4.44. The van der Waals surface area contributed by atoms with Crippen molar-refractivity contribution < 1.29 is 9.53 Å². The number of nitrogens with zero attached hydrogens (tertiary/aromatic N) is 1. The summed E-state index contributed by atoms with van der Waals surface area (Å²) in [6.07, 6.45) is 2.28. The second-order valence-corrected chi connectivity index (χ2v) is 3.22. The van der Waals surface area contributed by atoms with Crippen molar-refractivity contribution in [2.24, 2.45) is 0 Å². The summed E-state index contributed by atoms with van der Waals surface area (Å²) < 4.78 is 5.45. The molecule has 4 nitrogen and oxygen atoms in total. The zero-order chi connectivity index (χ0) is 11.4. The van der Waals surface area contributed by atoms with E-state index in [1.807, 2.05) is 0 Å². The molecule has 2 aromatic rings. The number of benzene rings is 1. The van der Waals surface area contributed by atoms with Gasteiger partial charge in [0.15, 0.2) is 0 Å². The van der Waals surface area contributed by atoms with E-state index in [9.17, 15) is 4.79 Å². The van der Waals surface area contributed by atoms with E-state index in [-0.39, 0.29) is 0 Å². The topological polar surface area (TPSA) is 65.2 Å². The average Bonchev–Trinajstić information content (AvgIpc) is 2.32. The number of carbonyl (C=O) groups is 1. The monoisotopic (exact) mass is 214 g/mol. The third kappa shape index (κ3) is 2.36. The van der Waals surface area contributed by atoms with Crippen LogP contribution in [0.3, 0.4) is 0 Å². The van der Waals surface area contributed by atoms with Crippen molar-refractivity contribution in [1.29, 1.82) is 0 Å². The summed E-state index contributed by atoms with van der Waals surface area (Å²) in [6, 6.07) is 10.2. The Morgan fingerprint density at radius 3 is 2.81 bits per heavy atom. The molecular formula is C12H10N2O2. The predicted molar refractivity (Wildman–Crippen MR) is 60.6 cm³/mol. The molecule has 0 aliphatic carbocycles. The van der Waals surface area contributed by atoms with Crippen molar-refractivity contribution in [3.63, 3.8) is 0 Å². The van der Waals surface area contributed by atoms with Crippen LogP contribution in [0.15, 0.2) is 42.6 Å². The van der Waals surface area contributed by atoms with Gasteiger partial charge >= 0.3 is 0 Å². The lowest BCUT2D eigenvalue weighted by Gasteiger charge is -2.04. The Hall–Kier alpha value is -2.36. The fraction of sp³-hybridized carbons (Fsp3) is 0. The highest BCUT2D eigenvalue weighted by Crippen LogP contribution is 2.20. The molecule has 0 unspecified atom stereocenters. The second-order valence-electron chi connectivity index (χ2n) is 3.22. The fourth-order valence-electron chi connectivity index (χ4n) is 1.22. The van der Waals surface area contributed by atoms with E-state index in [0.717, 1.165) is 6.29 Å². The summed E-state index contributed by atoms with van der Waals surface area (Å²) in [5.41, 5.74) is 6.64. The number of pyridine rings is 1. The first-order chi connectivity index (χ1) is 7.78. The molecule has 0 radical (unpaired) electrons. The van der Waals surface area contributed by atoms with Gasteiger partial charge in [-0.25, -0.2) is 4.98 Å². The Labute approximate surface area is 92.7 Å². The van der Waals surface area contributed by atoms with Crippen LogP contribution in [-0.2, 0) is 0 Å². The van der Waals surface area contributed by atoms with Gasteiger partial charge in [0.05, 0.1) is 11.9 Å². The van der Waals surface area contributed by atoms with Gasteiger partial charge in [0, 0.05) is 11.6 Å². The number of carbonyl (C=O) groups excluding carboxylic acids is 1. The molecule has 1 heterocycles. The van der Waals surface area contributed by atoms with Gasteiger partial charge in [-0.05, 0) is 18.2 Å². The standard InChI is InChI=1S/C12H10N2O2/c13-10-4-5-12(14-7-10)16-11-3-1-2-9(6-11)8-15/h1-8H,13H2. The van der Waals surface area contributed by atoms with Crippen molar-refractivity contribution in [2.45, 2.75) is 0 Å². The van der Waals surface area contributed by atoms with Crippen LogP contribution < -0.4 is 10.5 Å². The number of hydrogen-bond donors (Lipinski definition) is 1. The Morgan fingerprint density at radius 2 is 2.12 bits per heavy atom. The van der Waals surface area contributed by atoms with Crippen LogP contribution in [0.4, 0.5) is 5.69 Å². The number of rotatable bonds is 3. The molecule has 0 aliphatic heterocycles. The van der Waals surface area contributed by atoms with Gasteiger partial charge in [-0.2, -0.15) is 0 Å². The lowest BCUT2D eigenvalue weighted by Crippen LogP contribution is -1.90. The van der Waals surface area contributed by atoms with Gasteiger partial charge < -0.3 is 10.5 Å². The molecule has 0 spiro atoms. The van der Waals surface area contributed by atoms with E-state index in [1.54, 1.807) is 36.4 Å². The van der Waals surface area contributed by atoms with Gasteiger partial charge in [0.25, 0.3) is 0 Å². The van der Waals surface area contributed by atoms with Crippen molar-refractivity contribution >= 4 is 12.0 Å². The Balaban J connectivity index is 2.20. The van der Waals surface area contributed by atoms with E-state index >= 15 is 0 Å². The lowest BCUT2D eigenvalue weighted by molar-refractivity contribution is 0.112. The van der Waals surface area contributed by atoms with Gasteiger partial charge in [-0.1, -0.05) is 12.1 Å². The number of anilines is 1. The zero-order valence-corrected chi connectivity index (χ0v) is 8.46. The molecule has 80 valence electrons. The molecule has 4 heteroatoms. The van der Waals surface area contributed by atoms with Gasteiger partial charge in [-0.3, -0.25) is 4.79 Å². The van der Waals surface area contributed by atoms with Crippen LogP contribution >= 0.6 is 0 Å². The summed E-state index contributed by atoms with van der Waals surface area (Å²) >= 11 is 0. The predicted octanol–water partition coefficient (Wildman–Crippen LogP) is 2.27.